The van der Waals surface area contributed by atoms with Crippen LogP contribution in [-0.4, -0.2) is 41.2 Å². The van der Waals surface area contributed by atoms with Crippen LogP contribution in [0.5, 0.6) is 0 Å². The Balaban J connectivity index is 1.69. The van der Waals surface area contributed by atoms with Crippen LogP contribution in [0.25, 0.3) is 0 Å². The number of hydrogen-bond donors (Lipinski definition) is 1. The molecule has 7 heteroatoms. The lowest BCUT2D eigenvalue weighted by Gasteiger charge is -2.27. The minimum atomic E-state index is -1.11. The molecular formula is C21H20N2O5. The maximum absolute atomic E-state index is 12.7. The molecule has 0 aromatic heterocycles. The highest BCUT2D eigenvalue weighted by Crippen LogP contribution is 2.27. The molecule has 3 amide bonds. The largest absolute Gasteiger partial charge is 0.454 e. The summed E-state index contributed by atoms with van der Waals surface area (Å²) in [6, 6.07) is 14.0. The number of carbonyl (C=O) groups is 4. The third-order valence-electron chi connectivity index (χ3n) is 4.38. The van der Waals surface area contributed by atoms with Gasteiger partial charge in [0.15, 0.2) is 6.61 Å². The van der Waals surface area contributed by atoms with Crippen molar-refractivity contribution in [3.8, 4) is 0 Å². The minimum absolute atomic E-state index is 0.257. The fourth-order valence-corrected chi connectivity index (χ4v) is 3.08. The van der Waals surface area contributed by atoms with Crippen molar-refractivity contribution in [3.63, 3.8) is 0 Å². The van der Waals surface area contributed by atoms with E-state index in [1.165, 1.54) is 0 Å². The van der Waals surface area contributed by atoms with Crippen molar-refractivity contribution in [2.75, 3.05) is 11.9 Å². The van der Waals surface area contributed by atoms with Crippen molar-refractivity contribution < 1.29 is 23.9 Å². The summed E-state index contributed by atoms with van der Waals surface area (Å²) >= 11 is 0. The van der Waals surface area contributed by atoms with Gasteiger partial charge in [0.1, 0.15) is 6.04 Å². The molecule has 1 atom stereocenters. The Morgan fingerprint density at radius 3 is 2.00 bits per heavy atom. The monoisotopic (exact) mass is 380 g/mol. The zero-order chi connectivity index (χ0) is 20.3. The smallest absolute Gasteiger partial charge is 0.330 e. The average molecular weight is 380 g/mol. The first-order chi connectivity index (χ1) is 13.4. The second-order valence-corrected chi connectivity index (χ2v) is 6.74. The SMILES string of the molecule is CC(C)C(C(=O)OCC(=O)Nc1ccccc1)N1C(=O)c2ccccc2C1=O. The van der Waals surface area contributed by atoms with Gasteiger partial charge in [-0.2, -0.15) is 0 Å². The van der Waals surface area contributed by atoms with Gasteiger partial charge in [0.05, 0.1) is 11.1 Å². The van der Waals surface area contributed by atoms with E-state index in [4.69, 9.17) is 4.74 Å². The van der Waals surface area contributed by atoms with Gasteiger partial charge in [-0.05, 0) is 30.2 Å². The Morgan fingerprint density at radius 2 is 1.46 bits per heavy atom. The molecule has 0 saturated carbocycles. The molecule has 1 aliphatic rings. The summed E-state index contributed by atoms with van der Waals surface area (Å²) in [5.41, 5.74) is 1.09. The number of hydrogen-bond acceptors (Lipinski definition) is 5. The highest BCUT2D eigenvalue weighted by Gasteiger charge is 2.44. The molecule has 0 aliphatic carbocycles. The van der Waals surface area contributed by atoms with Crippen molar-refractivity contribution in [1.82, 2.24) is 4.90 Å². The van der Waals surface area contributed by atoms with Crippen LogP contribution in [0.4, 0.5) is 5.69 Å². The van der Waals surface area contributed by atoms with Crippen LogP contribution in [0.2, 0.25) is 0 Å². The second kappa shape index (κ2) is 8.04. The van der Waals surface area contributed by atoms with Gasteiger partial charge in [-0.1, -0.05) is 44.2 Å². The summed E-state index contributed by atoms with van der Waals surface area (Å²) in [6.07, 6.45) is 0. The fourth-order valence-electron chi connectivity index (χ4n) is 3.08. The van der Waals surface area contributed by atoms with Crippen LogP contribution in [0.1, 0.15) is 34.6 Å². The van der Waals surface area contributed by atoms with Gasteiger partial charge in [-0.25, -0.2) is 4.79 Å². The molecule has 7 nitrogen and oxygen atoms in total. The molecule has 144 valence electrons. The van der Waals surface area contributed by atoms with E-state index in [2.05, 4.69) is 5.32 Å². The third-order valence-corrected chi connectivity index (χ3v) is 4.38. The summed E-state index contributed by atoms with van der Waals surface area (Å²) < 4.78 is 5.11. The standard InChI is InChI=1S/C21H20N2O5/c1-13(2)18(23-19(25)15-10-6-7-11-16(15)20(23)26)21(27)28-12-17(24)22-14-8-4-3-5-9-14/h3-11,13,18H,12H2,1-2H3,(H,22,24). The lowest BCUT2D eigenvalue weighted by molar-refractivity contribution is -0.152. The Morgan fingerprint density at radius 1 is 0.929 bits per heavy atom. The molecule has 28 heavy (non-hydrogen) atoms. The van der Waals surface area contributed by atoms with Crippen molar-refractivity contribution in [2.45, 2.75) is 19.9 Å². The van der Waals surface area contributed by atoms with Gasteiger partial charge in [0.2, 0.25) is 0 Å². The molecule has 0 saturated heterocycles. The van der Waals surface area contributed by atoms with Crippen LogP contribution < -0.4 is 5.32 Å². The number of carbonyl (C=O) groups excluding carboxylic acids is 4. The molecule has 1 N–H and O–H groups in total. The average Bonchev–Trinajstić information content (AvgIpc) is 2.93. The molecular weight excluding hydrogens is 360 g/mol. The van der Waals surface area contributed by atoms with Crippen LogP contribution >= 0.6 is 0 Å². The van der Waals surface area contributed by atoms with E-state index in [0.29, 0.717) is 5.69 Å². The van der Waals surface area contributed by atoms with E-state index in [0.717, 1.165) is 4.90 Å². The number of ether oxygens (including phenoxy) is 1. The zero-order valence-electron chi connectivity index (χ0n) is 15.5. The number of amides is 3. The normalized spacial score (nSPS) is 14.0. The minimum Gasteiger partial charge on any atom is -0.454 e. The first kappa shape index (κ1) is 19.3. The molecule has 2 aromatic carbocycles. The number of nitrogens with zero attached hydrogens (tertiary/aromatic N) is 1. The molecule has 1 aliphatic heterocycles. The van der Waals surface area contributed by atoms with Crippen molar-refractivity contribution >= 4 is 29.4 Å². The first-order valence-electron chi connectivity index (χ1n) is 8.88. The van der Waals surface area contributed by atoms with Gasteiger partial charge >= 0.3 is 5.97 Å². The predicted molar refractivity (Wildman–Crippen MR) is 102 cm³/mol. The Bertz CT molecular complexity index is 888. The van der Waals surface area contributed by atoms with Crippen LogP contribution in [0.15, 0.2) is 54.6 Å². The number of fused-ring (bicyclic) bond motifs is 1. The summed E-state index contributed by atoms with van der Waals surface area (Å²) in [5, 5.41) is 2.60. The lowest BCUT2D eigenvalue weighted by Crippen LogP contribution is -2.49. The highest BCUT2D eigenvalue weighted by molar-refractivity contribution is 6.22. The molecule has 0 spiro atoms. The number of rotatable bonds is 6. The number of para-hydroxylation sites is 1. The maximum Gasteiger partial charge on any atom is 0.330 e. The van der Waals surface area contributed by atoms with E-state index in [1.54, 1.807) is 62.4 Å². The van der Waals surface area contributed by atoms with Crippen molar-refractivity contribution in [3.05, 3.63) is 65.7 Å². The molecule has 0 fully saturated rings. The molecule has 3 rings (SSSR count). The third kappa shape index (κ3) is 3.78. The fraction of sp³-hybridized carbons (Fsp3) is 0.238. The predicted octanol–water partition coefficient (Wildman–Crippen LogP) is 2.49. The van der Waals surface area contributed by atoms with Gasteiger partial charge in [-0.15, -0.1) is 0 Å². The Labute approximate surface area is 162 Å². The lowest BCUT2D eigenvalue weighted by atomic mass is 10.0. The molecule has 1 unspecified atom stereocenters. The van der Waals surface area contributed by atoms with E-state index in [9.17, 15) is 19.2 Å². The van der Waals surface area contributed by atoms with Gasteiger partial charge in [0, 0.05) is 5.69 Å². The van der Waals surface area contributed by atoms with Gasteiger partial charge < -0.3 is 10.1 Å². The summed E-state index contributed by atoms with van der Waals surface area (Å²) in [6.45, 7) is 2.90. The number of nitrogens with one attached hydrogen (secondary N) is 1. The van der Waals surface area contributed by atoms with E-state index in [-0.39, 0.29) is 17.0 Å². The van der Waals surface area contributed by atoms with E-state index >= 15 is 0 Å². The van der Waals surface area contributed by atoms with E-state index in [1.807, 2.05) is 6.07 Å². The highest BCUT2D eigenvalue weighted by atomic mass is 16.5. The topological polar surface area (TPSA) is 92.8 Å². The van der Waals surface area contributed by atoms with E-state index < -0.39 is 36.3 Å². The number of anilines is 1. The van der Waals surface area contributed by atoms with Gasteiger partial charge in [-0.3, -0.25) is 19.3 Å². The van der Waals surface area contributed by atoms with Crippen LogP contribution in [0, 0.1) is 5.92 Å². The van der Waals surface area contributed by atoms with Gasteiger partial charge in [0.25, 0.3) is 17.7 Å². The molecule has 2 aromatic rings. The summed E-state index contributed by atoms with van der Waals surface area (Å²) in [7, 11) is 0. The Kier molecular flexibility index (Phi) is 5.54. The van der Waals surface area contributed by atoms with Crippen LogP contribution in [-0.2, 0) is 14.3 Å². The first-order valence-corrected chi connectivity index (χ1v) is 8.88. The number of benzene rings is 2. The zero-order valence-corrected chi connectivity index (χ0v) is 15.5. The summed E-state index contributed by atoms with van der Waals surface area (Å²) in [4.78, 5) is 50.9. The number of esters is 1. The van der Waals surface area contributed by atoms with Crippen molar-refractivity contribution in [1.29, 1.82) is 0 Å². The second-order valence-electron chi connectivity index (χ2n) is 6.74. The quantitative estimate of drug-likeness (QED) is 0.614. The van der Waals surface area contributed by atoms with Crippen LogP contribution in [0.3, 0.4) is 0 Å². The number of imide groups is 1. The van der Waals surface area contributed by atoms with Crippen molar-refractivity contribution in [2.24, 2.45) is 5.92 Å². The molecule has 0 bridgehead atoms. The Hall–Kier alpha value is -3.48. The summed E-state index contributed by atoms with van der Waals surface area (Å²) in [5.74, 6) is -2.76. The molecule has 1 heterocycles. The molecule has 0 radical (unpaired) electrons. The maximum atomic E-state index is 12.7.